The van der Waals surface area contributed by atoms with Crippen LogP contribution in [0.15, 0.2) is 24.3 Å². The van der Waals surface area contributed by atoms with Crippen LogP contribution in [0.3, 0.4) is 0 Å². The lowest BCUT2D eigenvalue weighted by Crippen LogP contribution is -2.29. The van der Waals surface area contributed by atoms with Crippen LogP contribution in [0.25, 0.3) is 0 Å². The number of hydrogen-bond donors (Lipinski definition) is 1. The normalized spacial score (nSPS) is 25.3. The molecule has 0 bridgehead atoms. The molecule has 0 saturated carbocycles. The summed E-state index contributed by atoms with van der Waals surface area (Å²) in [5, 5.41) is 3.55. The number of nitrogens with one attached hydrogen (secondary N) is 1. The lowest BCUT2D eigenvalue weighted by molar-refractivity contribution is 0.0663. The van der Waals surface area contributed by atoms with Crippen molar-refractivity contribution in [1.82, 2.24) is 5.32 Å². The van der Waals surface area contributed by atoms with Crippen LogP contribution in [0.5, 0.6) is 5.75 Å². The summed E-state index contributed by atoms with van der Waals surface area (Å²) in [6.07, 6.45) is 2.43. The molecule has 1 aliphatic rings. The molecule has 2 rings (SSSR count). The van der Waals surface area contributed by atoms with Crippen molar-refractivity contribution in [2.45, 2.75) is 31.9 Å². The predicted octanol–water partition coefficient (Wildman–Crippen LogP) is 2.52. The Kier molecular flexibility index (Phi) is 4.40. The Morgan fingerprint density at radius 3 is 2.76 bits per heavy atom. The molecule has 1 fully saturated rings. The summed E-state index contributed by atoms with van der Waals surface area (Å²) in [6.45, 7) is 3.94. The standard InChI is InChI=1S/C14H21NO2/c1-3-12-8-9-17-14(10-15-12)11-4-6-13(16-2)7-5-11/h4-7,12,14-15H,3,8-10H2,1-2H3. The van der Waals surface area contributed by atoms with Gasteiger partial charge in [-0.05, 0) is 30.5 Å². The second-order valence-electron chi connectivity index (χ2n) is 4.43. The van der Waals surface area contributed by atoms with E-state index in [9.17, 15) is 0 Å². The van der Waals surface area contributed by atoms with E-state index in [1.165, 1.54) is 12.0 Å². The third-order valence-corrected chi connectivity index (χ3v) is 3.36. The number of ether oxygens (including phenoxy) is 2. The molecule has 17 heavy (non-hydrogen) atoms. The Balaban J connectivity index is 2.01. The Bertz CT molecular complexity index is 337. The summed E-state index contributed by atoms with van der Waals surface area (Å²) in [5.74, 6) is 0.891. The molecule has 0 aliphatic carbocycles. The Labute approximate surface area is 103 Å². The van der Waals surface area contributed by atoms with Crippen LogP contribution in [-0.2, 0) is 4.74 Å². The van der Waals surface area contributed by atoms with Crippen molar-refractivity contribution in [1.29, 1.82) is 0 Å². The van der Waals surface area contributed by atoms with Crippen molar-refractivity contribution in [3.63, 3.8) is 0 Å². The second-order valence-corrected chi connectivity index (χ2v) is 4.43. The first-order valence-electron chi connectivity index (χ1n) is 6.32. The van der Waals surface area contributed by atoms with Gasteiger partial charge in [0.05, 0.1) is 13.2 Å². The number of hydrogen-bond acceptors (Lipinski definition) is 3. The molecule has 94 valence electrons. The summed E-state index contributed by atoms with van der Waals surface area (Å²) in [7, 11) is 1.69. The average molecular weight is 235 g/mol. The second kappa shape index (κ2) is 6.03. The number of methoxy groups -OCH3 is 1. The van der Waals surface area contributed by atoms with Gasteiger partial charge in [-0.15, -0.1) is 0 Å². The maximum Gasteiger partial charge on any atom is 0.118 e. The Morgan fingerprint density at radius 1 is 1.35 bits per heavy atom. The van der Waals surface area contributed by atoms with E-state index >= 15 is 0 Å². The van der Waals surface area contributed by atoms with Gasteiger partial charge in [-0.3, -0.25) is 0 Å². The highest BCUT2D eigenvalue weighted by atomic mass is 16.5. The van der Waals surface area contributed by atoms with Crippen LogP contribution in [0.1, 0.15) is 31.4 Å². The molecule has 0 aromatic heterocycles. The van der Waals surface area contributed by atoms with Crippen LogP contribution in [0.4, 0.5) is 0 Å². The summed E-state index contributed by atoms with van der Waals surface area (Å²) in [6, 6.07) is 8.73. The van der Waals surface area contributed by atoms with Crippen LogP contribution in [-0.4, -0.2) is 26.3 Å². The molecule has 1 aromatic carbocycles. The monoisotopic (exact) mass is 235 g/mol. The maximum absolute atomic E-state index is 5.89. The molecule has 1 saturated heterocycles. The SMILES string of the molecule is CCC1CCOC(c2ccc(OC)cc2)CN1. The van der Waals surface area contributed by atoms with Gasteiger partial charge in [-0.1, -0.05) is 19.1 Å². The summed E-state index contributed by atoms with van der Waals surface area (Å²) >= 11 is 0. The number of benzene rings is 1. The molecule has 0 radical (unpaired) electrons. The zero-order chi connectivity index (χ0) is 12.1. The minimum atomic E-state index is 0.164. The van der Waals surface area contributed by atoms with Gasteiger partial charge in [-0.2, -0.15) is 0 Å². The van der Waals surface area contributed by atoms with E-state index in [0.717, 1.165) is 25.3 Å². The maximum atomic E-state index is 5.89. The molecule has 3 heteroatoms. The van der Waals surface area contributed by atoms with Crippen LogP contribution in [0.2, 0.25) is 0 Å². The fourth-order valence-corrected chi connectivity index (χ4v) is 2.17. The third-order valence-electron chi connectivity index (χ3n) is 3.36. The van der Waals surface area contributed by atoms with Crippen molar-refractivity contribution in [3.8, 4) is 5.75 Å². The van der Waals surface area contributed by atoms with Gasteiger partial charge in [0.2, 0.25) is 0 Å². The van der Waals surface area contributed by atoms with Crippen molar-refractivity contribution < 1.29 is 9.47 Å². The highest BCUT2D eigenvalue weighted by Gasteiger charge is 2.18. The highest BCUT2D eigenvalue weighted by Crippen LogP contribution is 2.22. The van der Waals surface area contributed by atoms with Gasteiger partial charge in [-0.25, -0.2) is 0 Å². The van der Waals surface area contributed by atoms with Gasteiger partial charge in [0.25, 0.3) is 0 Å². The molecule has 2 atom stereocenters. The van der Waals surface area contributed by atoms with Gasteiger partial charge in [0.1, 0.15) is 5.75 Å². The van der Waals surface area contributed by atoms with Crippen LogP contribution in [0, 0.1) is 0 Å². The Hall–Kier alpha value is -1.06. The smallest absolute Gasteiger partial charge is 0.118 e. The molecule has 0 amide bonds. The highest BCUT2D eigenvalue weighted by molar-refractivity contribution is 5.28. The van der Waals surface area contributed by atoms with E-state index in [1.54, 1.807) is 7.11 Å². The van der Waals surface area contributed by atoms with Crippen molar-refractivity contribution in [2.75, 3.05) is 20.3 Å². The van der Waals surface area contributed by atoms with E-state index in [-0.39, 0.29) is 6.10 Å². The molecule has 0 spiro atoms. The Morgan fingerprint density at radius 2 is 2.12 bits per heavy atom. The first-order chi connectivity index (χ1) is 8.33. The lowest BCUT2D eigenvalue weighted by Gasteiger charge is -2.16. The fraction of sp³-hybridized carbons (Fsp3) is 0.571. The van der Waals surface area contributed by atoms with Gasteiger partial charge in [0.15, 0.2) is 0 Å². The molecule has 3 nitrogen and oxygen atoms in total. The third kappa shape index (κ3) is 3.20. The zero-order valence-corrected chi connectivity index (χ0v) is 10.6. The number of rotatable bonds is 3. The zero-order valence-electron chi connectivity index (χ0n) is 10.6. The molecule has 2 unspecified atom stereocenters. The molecule has 1 N–H and O–H groups in total. The predicted molar refractivity (Wildman–Crippen MR) is 68.4 cm³/mol. The quantitative estimate of drug-likeness (QED) is 0.873. The van der Waals surface area contributed by atoms with E-state index < -0.39 is 0 Å². The van der Waals surface area contributed by atoms with Crippen molar-refractivity contribution in [3.05, 3.63) is 29.8 Å². The van der Waals surface area contributed by atoms with E-state index in [0.29, 0.717) is 6.04 Å². The van der Waals surface area contributed by atoms with Crippen molar-refractivity contribution in [2.24, 2.45) is 0 Å². The fourth-order valence-electron chi connectivity index (χ4n) is 2.17. The van der Waals surface area contributed by atoms with E-state index in [2.05, 4.69) is 24.4 Å². The average Bonchev–Trinajstić information content (AvgIpc) is 2.64. The largest absolute Gasteiger partial charge is 0.497 e. The molecular weight excluding hydrogens is 214 g/mol. The summed E-state index contributed by atoms with van der Waals surface area (Å²) in [4.78, 5) is 0. The lowest BCUT2D eigenvalue weighted by atomic mass is 10.1. The molecule has 1 heterocycles. The minimum Gasteiger partial charge on any atom is -0.497 e. The van der Waals surface area contributed by atoms with Crippen LogP contribution < -0.4 is 10.1 Å². The first-order valence-corrected chi connectivity index (χ1v) is 6.32. The summed E-state index contributed by atoms with van der Waals surface area (Å²) in [5.41, 5.74) is 1.22. The van der Waals surface area contributed by atoms with Gasteiger partial charge in [0, 0.05) is 19.2 Å². The topological polar surface area (TPSA) is 30.5 Å². The van der Waals surface area contributed by atoms with Crippen molar-refractivity contribution >= 4 is 0 Å². The molecule has 1 aliphatic heterocycles. The van der Waals surface area contributed by atoms with E-state index in [4.69, 9.17) is 9.47 Å². The van der Waals surface area contributed by atoms with E-state index in [1.807, 2.05) is 12.1 Å². The molecular formula is C14H21NO2. The van der Waals surface area contributed by atoms with Gasteiger partial charge >= 0.3 is 0 Å². The first kappa shape index (κ1) is 12.4. The van der Waals surface area contributed by atoms with Gasteiger partial charge < -0.3 is 14.8 Å². The van der Waals surface area contributed by atoms with Crippen LogP contribution >= 0.6 is 0 Å². The minimum absolute atomic E-state index is 0.164. The summed E-state index contributed by atoms with van der Waals surface area (Å²) < 4.78 is 11.1. The molecule has 1 aromatic rings.